The molecular weight excluding hydrogens is 258 g/mol. The Morgan fingerprint density at radius 2 is 2.11 bits per heavy atom. The Morgan fingerprint density at radius 3 is 2.84 bits per heavy atom. The first kappa shape index (κ1) is 12.2. The van der Waals surface area contributed by atoms with Crippen molar-refractivity contribution in [3.8, 4) is 0 Å². The Hall–Kier alpha value is -1.85. The highest BCUT2D eigenvalue weighted by molar-refractivity contribution is 7.90. The Kier molecular flexibility index (Phi) is 3.23. The minimum atomic E-state index is -1.20. The van der Waals surface area contributed by atoms with Gasteiger partial charge in [-0.1, -0.05) is 18.2 Å². The molecule has 0 radical (unpaired) electrons. The van der Waals surface area contributed by atoms with Crippen LogP contribution in [-0.4, -0.2) is 19.5 Å². The third kappa shape index (κ3) is 2.47. The smallest absolute Gasteiger partial charge is 0.322 e. The van der Waals surface area contributed by atoms with Crippen LogP contribution in [0.5, 0.6) is 0 Å². The second kappa shape index (κ2) is 5.03. The summed E-state index contributed by atoms with van der Waals surface area (Å²) in [6, 6.07) is 11.5. The van der Waals surface area contributed by atoms with Crippen LogP contribution in [-0.2, 0) is 16.9 Å². The average Bonchev–Trinajstić information content (AvgIpc) is 2.85. The lowest BCUT2D eigenvalue weighted by Crippen LogP contribution is -2.08. The summed E-state index contributed by atoms with van der Waals surface area (Å²) in [5, 5.41) is 0.509. The van der Waals surface area contributed by atoms with E-state index in [4.69, 9.17) is 0 Å². The van der Waals surface area contributed by atoms with Gasteiger partial charge in [0.25, 0.3) is 0 Å². The molecular formula is C14H13N3OS. The SMILES string of the molecule is Cc1cccc2[nH]c([S+]([O-])Cc3ccccn3)nc12. The minimum Gasteiger partial charge on any atom is -0.609 e. The number of para-hydroxylation sites is 1. The topological polar surface area (TPSA) is 64.6 Å². The Morgan fingerprint density at radius 1 is 1.21 bits per heavy atom. The third-order valence-electron chi connectivity index (χ3n) is 2.91. The molecule has 3 aromatic rings. The second-order valence-electron chi connectivity index (χ2n) is 4.32. The maximum atomic E-state index is 12.3. The molecule has 0 aliphatic heterocycles. The summed E-state index contributed by atoms with van der Waals surface area (Å²) in [6.45, 7) is 1.99. The summed E-state index contributed by atoms with van der Waals surface area (Å²) in [4.78, 5) is 11.7. The fraction of sp³-hybridized carbons (Fsp3) is 0.143. The van der Waals surface area contributed by atoms with Crippen LogP contribution in [0.25, 0.3) is 11.0 Å². The van der Waals surface area contributed by atoms with Gasteiger partial charge < -0.3 is 4.55 Å². The van der Waals surface area contributed by atoms with Crippen molar-refractivity contribution in [2.45, 2.75) is 17.8 Å². The van der Waals surface area contributed by atoms with Gasteiger partial charge in [-0.25, -0.2) is 0 Å². The normalized spacial score (nSPS) is 12.7. The van der Waals surface area contributed by atoms with Crippen molar-refractivity contribution in [3.05, 3.63) is 53.9 Å². The molecule has 1 aromatic carbocycles. The Balaban J connectivity index is 1.89. The number of hydrogen-bond donors (Lipinski definition) is 1. The Labute approximate surface area is 114 Å². The zero-order valence-corrected chi connectivity index (χ0v) is 11.3. The van der Waals surface area contributed by atoms with Gasteiger partial charge >= 0.3 is 5.16 Å². The van der Waals surface area contributed by atoms with Gasteiger partial charge in [0.15, 0.2) is 5.75 Å². The molecule has 0 spiro atoms. The standard InChI is InChI=1S/C14H13N3OS/c1-10-5-4-7-12-13(10)17-14(16-12)19(18)9-11-6-2-3-8-15-11/h2-8H,9H2,1H3,(H,16,17). The fourth-order valence-electron chi connectivity index (χ4n) is 1.95. The summed E-state index contributed by atoms with van der Waals surface area (Å²) >= 11 is -1.20. The van der Waals surface area contributed by atoms with Crippen LogP contribution in [0.15, 0.2) is 47.8 Å². The summed E-state index contributed by atoms with van der Waals surface area (Å²) in [6.07, 6.45) is 1.70. The fourth-order valence-corrected chi connectivity index (χ4v) is 2.94. The number of nitrogens with zero attached hydrogens (tertiary/aromatic N) is 2. The number of fused-ring (bicyclic) bond motifs is 1. The van der Waals surface area contributed by atoms with Gasteiger partial charge in [0.2, 0.25) is 0 Å². The van der Waals surface area contributed by atoms with E-state index in [1.54, 1.807) is 6.20 Å². The molecule has 0 saturated heterocycles. The number of aromatic amines is 1. The maximum absolute atomic E-state index is 12.3. The van der Waals surface area contributed by atoms with Gasteiger partial charge in [0, 0.05) is 17.4 Å². The summed E-state index contributed by atoms with van der Waals surface area (Å²) in [7, 11) is 0. The quantitative estimate of drug-likeness (QED) is 0.745. The van der Waals surface area contributed by atoms with Crippen LogP contribution >= 0.6 is 0 Å². The first-order chi connectivity index (χ1) is 9.24. The van der Waals surface area contributed by atoms with Crippen molar-refractivity contribution in [1.29, 1.82) is 0 Å². The van der Waals surface area contributed by atoms with E-state index in [1.165, 1.54) is 0 Å². The molecule has 2 heterocycles. The molecule has 1 N–H and O–H groups in total. The number of H-pyrrole nitrogens is 1. The van der Waals surface area contributed by atoms with E-state index >= 15 is 0 Å². The van der Waals surface area contributed by atoms with Crippen LogP contribution in [0.1, 0.15) is 11.3 Å². The minimum absolute atomic E-state index is 0.375. The molecule has 0 fully saturated rings. The van der Waals surface area contributed by atoms with E-state index in [2.05, 4.69) is 15.0 Å². The molecule has 4 nitrogen and oxygen atoms in total. The van der Waals surface area contributed by atoms with Crippen molar-refractivity contribution in [3.63, 3.8) is 0 Å². The predicted octanol–water partition coefficient (Wildman–Crippen LogP) is 2.57. The van der Waals surface area contributed by atoms with E-state index in [1.807, 2.05) is 43.3 Å². The van der Waals surface area contributed by atoms with Crippen LogP contribution < -0.4 is 0 Å². The summed E-state index contributed by atoms with van der Waals surface area (Å²) in [5.41, 5.74) is 3.68. The van der Waals surface area contributed by atoms with Crippen molar-refractivity contribution >= 4 is 22.2 Å². The molecule has 1 atom stereocenters. The van der Waals surface area contributed by atoms with Gasteiger partial charge in [-0.05, 0) is 30.7 Å². The number of aromatic nitrogens is 3. The largest absolute Gasteiger partial charge is 0.609 e. The zero-order chi connectivity index (χ0) is 13.2. The van der Waals surface area contributed by atoms with Crippen LogP contribution in [0.2, 0.25) is 0 Å². The van der Waals surface area contributed by atoms with E-state index in [0.29, 0.717) is 10.9 Å². The highest BCUT2D eigenvalue weighted by Gasteiger charge is 2.18. The van der Waals surface area contributed by atoms with Crippen LogP contribution in [0, 0.1) is 6.92 Å². The number of aryl methyl sites for hydroxylation is 1. The van der Waals surface area contributed by atoms with Gasteiger partial charge in [-0.15, -0.1) is 0 Å². The van der Waals surface area contributed by atoms with Crippen molar-refractivity contribution < 1.29 is 4.55 Å². The van der Waals surface area contributed by atoms with Crippen LogP contribution in [0.4, 0.5) is 0 Å². The van der Waals surface area contributed by atoms with Gasteiger partial charge in [0.1, 0.15) is 0 Å². The average molecular weight is 271 g/mol. The number of imidazole rings is 1. The monoisotopic (exact) mass is 271 g/mol. The van der Waals surface area contributed by atoms with Crippen molar-refractivity contribution in [1.82, 2.24) is 15.0 Å². The van der Waals surface area contributed by atoms with Crippen LogP contribution in [0.3, 0.4) is 0 Å². The molecule has 3 rings (SSSR count). The molecule has 1 unspecified atom stereocenters. The number of rotatable bonds is 3. The number of pyridine rings is 1. The van der Waals surface area contributed by atoms with Gasteiger partial charge in [-0.3, -0.25) is 9.97 Å². The lowest BCUT2D eigenvalue weighted by Gasteiger charge is -2.05. The number of nitrogens with one attached hydrogen (secondary N) is 1. The molecule has 0 bridgehead atoms. The second-order valence-corrected chi connectivity index (χ2v) is 5.69. The van der Waals surface area contributed by atoms with Crippen molar-refractivity contribution in [2.75, 3.05) is 0 Å². The van der Waals surface area contributed by atoms with Gasteiger partial charge in [-0.2, -0.15) is 4.98 Å². The predicted molar refractivity (Wildman–Crippen MR) is 75.2 cm³/mol. The molecule has 19 heavy (non-hydrogen) atoms. The molecule has 0 saturated carbocycles. The first-order valence-electron chi connectivity index (χ1n) is 5.97. The zero-order valence-electron chi connectivity index (χ0n) is 10.5. The van der Waals surface area contributed by atoms with E-state index in [-0.39, 0.29) is 0 Å². The maximum Gasteiger partial charge on any atom is 0.322 e. The Bertz CT molecular complexity index is 696. The molecule has 5 heteroatoms. The molecule has 0 amide bonds. The van der Waals surface area contributed by atoms with E-state index in [9.17, 15) is 4.55 Å². The summed E-state index contributed by atoms with van der Waals surface area (Å²) < 4.78 is 12.3. The molecule has 0 aliphatic carbocycles. The van der Waals surface area contributed by atoms with Gasteiger partial charge in [0.05, 0.1) is 16.7 Å². The lowest BCUT2D eigenvalue weighted by atomic mass is 10.2. The highest BCUT2D eigenvalue weighted by atomic mass is 32.2. The summed E-state index contributed by atoms with van der Waals surface area (Å²) in [5.74, 6) is 0.375. The first-order valence-corrected chi connectivity index (χ1v) is 7.29. The molecule has 96 valence electrons. The van der Waals surface area contributed by atoms with Crippen molar-refractivity contribution in [2.24, 2.45) is 0 Å². The molecule has 0 aliphatic rings. The number of benzene rings is 1. The highest BCUT2D eigenvalue weighted by Crippen LogP contribution is 2.20. The number of hydrogen-bond acceptors (Lipinski definition) is 3. The molecule has 2 aromatic heterocycles. The van der Waals surface area contributed by atoms with E-state index in [0.717, 1.165) is 22.3 Å². The lowest BCUT2D eigenvalue weighted by molar-refractivity contribution is 0.587. The third-order valence-corrected chi connectivity index (χ3v) is 4.10. The van der Waals surface area contributed by atoms with E-state index < -0.39 is 11.2 Å².